The molecule has 0 saturated carbocycles. The Morgan fingerprint density at radius 2 is 2.30 bits per heavy atom. The molecule has 1 aromatic rings. The highest BCUT2D eigenvalue weighted by atomic mass is 16.3. The van der Waals surface area contributed by atoms with Crippen molar-refractivity contribution < 1.29 is 5.11 Å². The number of aliphatic imine (C=N–C) groups is 1. The van der Waals surface area contributed by atoms with Crippen LogP contribution in [-0.2, 0) is 6.54 Å². The molecular weight excluding hydrogens is 126 g/mol. The highest BCUT2D eigenvalue weighted by Gasteiger charge is 2.04. The summed E-state index contributed by atoms with van der Waals surface area (Å²) in [6, 6.07) is 5.32. The maximum atomic E-state index is 9.03. The van der Waals surface area contributed by atoms with Gasteiger partial charge in [0.2, 0.25) is 0 Å². The number of aromatic hydroxyl groups is 1. The molecule has 2 heteroatoms. The van der Waals surface area contributed by atoms with Gasteiger partial charge in [0, 0.05) is 11.8 Å². The molecule has 0 bridgehead atoms. The van der Waals surface area contributed by atoms with Crippen LogP contribution < -0.4 is 0 Å². The molecule has 1 aliphatic rings. The lowest BCUT2D eigenvalue weighted by Gasteiger charge is -1.95. The number of phenolic OH excluding ortho intramolecular Hbond substituents is 1. The molecule has 2 nitrogen and oxygen atoms in total. The molecule has 1 heterocycles. The molecule has 0 fully saturated rings. The highest BCUT2D eigenvalue weighted by molar-refractivity contribution is 5.84. The van der Waals surface area contributed by atoms with Crippen molar-refractivity contribution in [1.82, 2.24) is 0 Å². The van der Waals surface area contributed by atoms with E-state index in [4.69, 9.17) is 5.11 Å². The first-order valence-corrected chi connectivity index (χ1v) is 3.18. The lowest BCUT2D eigenvalue weighted by molar-refractivity contribution is 0.475. The number of benzene rings is 1. The fourth-order valence-electron chi connectivity index (χ4n) is 1.09. The molecule has 0 amide bonds. The van der Waals surface area contributed by atoms with Crippen molar-refractivity contribution in [2.45, 2.75) is 6.54 Å². The van der Waals surface area contributed by atoms with Crippen molar-refractivity contribution in [3.8, 4) is 5.75 Å². The van der Waals surface area contributed by atoms with E-state index in [9.17, 15) is 0 Å². The number of hydrogen-bond donors (Lipinski definition) is 1. The zero-order valence-electron chi connectivity index (χ0n) is 5.41. The maximum absolute atomic E-state index is 9.03. The third kappa shape index (κ3) is 0.692. The summed E-state index contributed by atoms with van der Waals surface area (Å²) in [6.45, 7) is 0.760. The van der Waals surface area contributed by atoms with Gasteiger partial charge in [0.1, 0.15) is 5.75 Å². The van der Waals surface area contributed by atoms with Gasteiger partial charge in [-0.3, -0.25) is 4.99 Å². The Kier molecular flexibility index (Phi) is 1.01. The van der Waals surface area contributed by atoms with Gasteiger partial charge < -0.3 is 5.11 Å². The Hall–Kier alpha value is -1.31. The standard InChI is InChI=1S/C8H7NO/c10-8-2-1-6-4-9-5-7(6)3-8/h1-3,5,10H,4H2. The maximum Gasteiger partial charge on any atom is 0.116 e. The van der Waals surface area contributed by atoms with Crippen LogP contribution in [0.25, 0.3) is 0 Å². The summed E-state index contributed by atoms with van der Waals surface area (Å²) in [5, 5.41) is 9.03. The van der Waals surface area contributed by atoms with E-state index in [0.717, 1.165) is 12.1 Å². The van der Waals surface area contributed by atoms with E-state index in [1.807, 2.05) is 6.07 Å². The Morgan fingerprint density at radius 1 is 1.40 bits per heavy atom. The van der Waals surface area contributed by atoms with Gasteiger partial charge in [-0.25, -0.2) is 0 Å². The summed E-state index contributed by atoms with van der Waals surface area (Å²) in [4.78, 5) is 4.06. The lowest BCUT2D eigenvalue weighted by atomic mass is 10.1. The molecule has 0 aromatic heterocycles. The molecule has 0 radical (unpaired) electrons. The Labute approximate surface area is 58.8 Å². The van der Waals surface area contributed by atoms with Crippen LogP contribution in [0.1, 0.15) is 11.1 Å². The third-order valence-electron chi connectivity index (χ3n) is 1.62. The lowest BCUT2D eigenvalue weighted by Crippen LogP contribution is -1.81. The summed E-state index contributed by atoms with van der Waals surface area (Å²) in [5.74, 6) is 0.312. The predicted octanol–water partition coefficient (Wildman–Crippen LogP) is 1.32. The molecule has 0 spiro atoms. The zero-order valence-corrected chi connectivity index (χ0v) is 5.41. The number of phenols is 1. The van der Waals surface area contributed by atoms with Gasteiger partial charge in [0.15, 0.2) is 0 Å². The van der Waals surface area contributed by atoms with Crippen LogP contribution in [0.2, 0.25) is 0 Å². The minimum Gasteiger partial charge on any atom is -0.508 e. The fourth-order valence-corrected chi connectivity index (χ4v) is 1.09. The van der Waals surface area contributed by atoms with Crippen LogP contribution in [0.3, 0.4) is 0 Å². The van der Waals surface area contributed by atoms with Gasteiger partial charge >= 0.3 is 0 Å². The van der Waals surface area contributed by atoms with Crippen molar-refractivity contribution in [2.75, 3.05) is 0 Å². The highest BCUT2D eigenvalue weighted by Crippen LogP contribution is 2.19. The summed E-state index contributed by atoms with van der Waals surface area (Å²) < 4.78 is 0. The largest absolute Gasteiger partial charge is 0.508 e. The molecule has 1 aromatic carbocycles. The second-order valence-corrected chi connectivity index (χ2v) is 2.35. The first-order chi connectivity index (χ1) is 4.86. The van der Waals surface area contributed by atoms with Crippen LogP contribution in [0.5, 0.6) is 5.75 Å². The Bertz CT molecular complexity index is 291. The average Bonchev–Trinajstić information content (AvgIpc) is 2.33. The number of hydrogen-bond acceptors (Lipinski definition) is 2. The van der Waals surface area contributed by atoms with Crippen LogP contribution in [-0.4, -0.2) is 11.3 Å². The van der Waals surface area contributed by atoms with E-state index < -0.39 is 0 Å². The molecule has 0 aliphatic carbocycles. The molecule has 1 N–H and O–H groups in total. The van der Waals surface area contributed by atoms with Crippen LogP contribution in [0, 0.1) is 0 Å². The van der Waals surface area contributed by atoms with Gasteiger partial charge in [-0.15, -0.1) is 0 Å². The summed E-state index contributed by atoms with van der Waals surface area (Å²) in [7, 11) is 0. The average molecular weight is 133 g/mol. The minimum atomic E-state index is 0.312. The van der Waals surface area contributed by atoms with Crippen molar-refractivity contribution in [2.24, 2.45) is 4.99 Å². The Morgan fingerprint density at radius 3 is 3.20 bits per heavy atom. The monoisotopic (exact) mass is 133 g/mol. The van der Waals surface area contributed by atoms with Gasteiger partial charge in [0.25, 0.3) is 0 Å². The van der Waals surface area contributed by atoms with Gasteiger partial charge in [-0.2, -0.15) is 0 Å². The van der Waals surface area contributed by atoms with E-state index >= 15 is 0 Å². The van der Waals surface area contributed by atoms with Crippen LogP contribution in [0.15, 0.2) is 23.2 Å². The van der Waals surface area contributed by atoms with E-state index in [1.54, 1.807) is 18.3 Å². The molecule has 0 saturated heterocycles. The normalized spacial score (nSPS) is 13.6. The molecule has 0 unspecified atom stereocenters. The van der Waals surface area contributed by atoms with E-state index in [-0.39, 0.29) is 0 Å². The molecule has 0 atom stereocenters. The molecule has 50 valence electrons. The zero-order chi connectivity index (χ0) is 6.97. The van der Waals surface area contributed by atoms with E-state index in [2.05, 4.69) is 4.99 Å². The van der Waals surface area contributed by atoms with Crippen molar-refractivity contribution in [3.05, 3.63) is 29.3 Å². The SMILES string of the molecule is Oc1ccc2c(c1)C=NC2. The fraction of sp³-hybridized carbons (Fsp3) is 0.125. The third-order valence-corrected chi connectivity index (χ3v) is 1.62. The molecule has 1 aliphatic heterocycles. The minimum absolute atomic E-state index is 0.312. The summed E-state index contributed by atoms with van der Waals surface area (Å²) in [6.07, 6.45) is 1.79. The molecular formula is C8H7NO. The number of rotatable bonds is 0. The van der Waals surface area contributed by atoms with Crippen molar-refractivity contribution >= 4 is 6.21 Å². The summed E-state index contributed by atoms with van der Waals surface area (Å²) >= 11 is 0. The molecule has 10 heavy (non-hydrogen) atoms. The first-order valence-electron chi connectivity index (χ1n) is 3.18. The van der Waals surface area contributed by atoms with Gasteiger partial charge in [-0.1, -0.05) is 6.07 Å². The van der Waals surface area contributed by atoms with Crippen molar-refractivity contribution in [3.63, 3.8) is 0 Å². The first kappa shape index (κ1) is 5.47. The van der Waals surface area contributed by atoms with Gasteiger partial charge in [0.05, 0.1) is 6.54 Å². The van der Waals surface area contributed by atoms with Crippen LogP contribution in [0.4, 0.5) is 0 Å². The van der Waals surface area contributed by atoms with Gasteiger partial charge in [-0.05, 0) is 17.7 Å². The van der Waals surface area contributed by atoms with Crippen LogP contribution >= 0.6 is 0 Å². The number of fused-ring (bicyclic) bond motifs is 1. The summed E-state index contributed by atoms with van der Waals surface area (Å²) in [5.41, 5.74) is 2.23. The predicted molar refractivity (Wildman–Crippen MR) is 39.4 cm³/mol. The number of nitrogens with zero attached hydrogens (tertiary/aromatic N) is 1. The Balaban J connectivity index is 2.60. The second-order valence-electron chi connectivity index (χ2n) is 2.35. The molecule has 2 rings (SSSR count). The van der Waals surface area contributed by atoms with E-state index in [0.29, 0.717) is 5.75 Å². The van der Waals surface area contributed by atoms with Crippen molar-refractivity contribution in [1.29, 1.82) is 0 Å². The second kappa shape index (κ2) is 1.84. The quantitative estimate of drug-likeness (QED) is 0.568. The smallest absolute Gasteiger partial charge is 0.116 e. The van der Waals surface area contributed by atoms with E-state index in [1.165, 1.54) is 5.56 Å². The topological polar surface area (TPSA) is 32.6 Å².